The summed E-state index contributed by atoms with van der Waals surface area (Å²) in [5.74, 6) is 0.511. The molecule has 0 saturated heterocycles. The van der Waals surface area contributed by atoms with Gasteiger partial charge in [-0.1, -0.05) is 0 Å². The van der Waals surface area contributed by atoms with E-state index < -0.39 is 22.5 Å². The van der Waals surface area contributed by atoms with Gasteiger partial charge in [-0.3, -0.25) is 9.10 Å². The van der Waals surface area contributed by atoms with Crippen LogP contribution in [-0.4, -0.2) is 47.6 Å². The van der Waals surface area contributed by atoms with E-state index in [-0.39, 0.29) is 11.4 Å². The van der Waals surface area contributed by atoms with Crippen molar-refractivity contribution in [1.29, 1.82) is 0 Å². The van der Waals surface area contributed by atoms with E-state index in [1.54, 1.807) is 24.3 Å². The number of nitrogens with zero attached hydrogens (tertiary/aromatic N) is 2. The number of furan rings is 1. The second-order valence-corrected chi connectivity index (χ2v) is 7.02. The molecule has 1 aromatic heterocycles. The zero-order chi connectivity index (χ0) is 19.2. The average molecular weight is 381 g/mol. The van der Waals surface area contributed by atoms with Crippen molar-refractivity contribution in [3.05, 3.63) is 42.4 Å². The number of amides is 1. The Morgan fingerprint density at radius 1 is 1.31 bits per heavy atom. The monoisotopic (exact) mass is 381 g/mol. The van der Waals surface area contributed by atoms with Crippen LogP contribution >= 0.6 is 0 Å². The summed E-state index contributed by atoms with van der Waals surface area (Å²) in [5, 5.41) is 3.72. The Labute approximate surface area is 151 Å². The number of benzene rings is 1. The van der Waals surface area contributed by atoms with Gasteiger partial charge in [-0.05, 0) is 24.3 Å². The Morgan fingerprint density at radius 3 is 2.65 bits per heavy atom. The third-order valence-corrected chi connectivity index (χ3v) is 4.39. The van der Waals surface area contributed by atoms with Crippen LogP contribution in [0.4, 0.5) is 5.69 Å². The minimum atomic E-state index is -3.77. The van der Waals surface area contributed by atoms with Gasteiger partial charge >= 0.3 is 0 Å². The van der Waals surface area contributed by atoms with Crippen LogP contribution < -0.4 is 19.2 Å². The standard InChI is InChI=1S/C16H19N3O6S/c1-23-12-6-7-15(24-2)14(9-12)19(26(3,21)22)11-16(20)18-17-10-13-5-4-8-25-13/h4-10H,11H2,1-3H3,(H,18,20)/b17-10-. The van der Waals surface area contributed by atoms with Gasteiger partial charge in [0, 0.05) is 6.07 Å². The second-order valence-electron chi connectivity index (χ2n) is 5.12. The lowest BCUT2D eigenvalue weighted by Gasteiger charge is -2.23. The Hall–Kier alpha value is -3.01. The highest BCUT2D eigenvalue weighted by molar-refractivity contribution is 7.92. The highest BCUT2D eigenvalue weighted by atomic mass is 32.2. The molecule has 0 fully saturated rings. The predicted octanol–water partition coefficient (Wildman–Crippen LogP) is 1.21. The van der Waals surface area contributed by atoms with Crippen molar-refractivity contribution >= 4 is 27.8 Å². The molecule has 1 amide bonds. The number of hydrogen-bond donors (Lipinski definition) is 1. The third-order valence-electron chi connectivity index (χ3n) is 3.27. The van der Waals surface area contributed by atoms with Gasteiger partial charge in [0.25, 0.3) is 5.91 Å². The molecule has 0 aliphatic rings. The number of carbonyl (C=O) groups is 1. The summed E-state index contributed by atoms with van der Waals surface area (Å²) < 4.78 is 40.6. The highest BCUT2D eigenvalue weighted by Crippen LogP contribution is 2.33. The molecule has 0 aliphatic carbocycles. The first-order valence-corrected chi connectivity index (χ1v) is 9.25. The number of rotatable bonds is 8. The summed E-state index contributed by atoms with van der Waals surface area (Å²) in [4.78, 5) is 12.1. The third kappa shape index (κ3) is 4.99. The molecule has 0 atom stereocenters. The number of hydrazone groups is 1. The highest BCUT2D eigenvalue weighted by Gasteiger charge is 2.24. The zero-order valence-electron chi connectivity index (χ0n) is 14.5. The van der Waals surface area contributed by atoms with Gasteiger partial charge in [0.05, 0.1) is 38.6 Å². The lowest BCUT2D eigenvalue weighted by molar-refractivity contribution is -0.119. The van der Waals surface area contributed by atoms with E-state index >= 15 is 0 Å². The van der Waals surface area contributed by atoms with Crippen molar-refractivity contribution in [3.63, 3.8) is 0 Å². The van der Waals surface area contributed by atoms with Gasteiger partial charge in [0.15, 0.2) is 0 Å². The number of sulfonamides is 1. The van der Waals surface area contributed by atoms with Crippen molar-refractivity contribution in [3.8, 4) is 11.5 Å². The Kier molecular flexibility index (Phi) is 6.23. The van der Waals surface area contributed by atoms with Gasteiger partial charge in [-0.2, -0.15) is 5.10 Å². The average Bonchev–Trinajstić information content (AvgIpc) is 3.11. The van der Waals surface area contributed by atoms with Crippen molar-refractivity contribution < 1.29 is 27.1 Å². The van der Waals surface area contributed by atoms with Crippen LogP contribution in [-0.2, 0) is 14.8 Å². The molecular weight excluding hydrogens is 362 g/mol. The van der Waals surface area contributed by atoms with Crippen molar-refractivity contribution in [2.75, 3.05) is 31.3 Å². The van der Waals surface area contributed by atoms with E-state index in [4.69, 9.17) is 13.9 Å². The summed E-state index contributed by atoms with van der Waals surface area (Å²) in [7, 11) is -0.919. The van der Waals surface area contributed by atoms with Crippen molar-refractivity contribution in [2.45, 2.75) is 0 Å². The van der Waals surface area contributed by atoms with Crippen LogP contribution in [0, 0.1) is 0 Å². The van der Waals surface area contributed by atoms with E-state index in [0.717, 1.165) is 10.6 Å². The fraction of sp³-hybridized carbons (Fsp3) is 0.250. The largest absolute Gasteiger partial charge is 0.497 e. The Balaban J connectivity index is 2.22. The molecule has 26 heavy (non-hydrogen) atoms. The van der Waals surface area contributed by atoms with Gasteiger partial charge in [-0.25, -0.2) is 13.8 Å². The number of hydrogen-bond acceptors (Lipinski definition) is 7. The fourth-order valence-corrected chi connectivity index (χ4v) is 2.92. The van der Waals surface area contributed by atoms with E-state index in [1.807, 2.05) is 0 Å². The van der Waals surface area contributed by atoms with E-state index in [9.17, 15) is 13.2 Å². The lowest BCUT2D eigenvalue weighted by Crippen LogP contribution is -2.39. The van der Waals surface area contributed by atoms with Crippen LogP contribution in [0.2, 0.25) is 0 Å². The SMILES string of the molecule is COc1ccc(OC)c(N(CC(=O)N/N=C\c2ccco2)S(C)(=O)=O)c1. The summed E-state index contributed by atoms with van der Waals surface area (Å²) in [6.45, 7) is -0.488. The van der Waals surface area contributed by atoms with Crippen molar-refractivity contribution in [2.24, 2.45) is 5.10 Å². The van der Waals surface area contributed by atoms with Gasteiger partial charge in [0.2, 0.25) is 10.0 Å². The minimum absolute atomic E-state index is 0.180. The first-order valence-electron chi connectivity index (χ1n) is 7.40. The number of carbonyl (C=O) groups excluding carboxylic acids is 1. The molecule has 2 rings (SSSR count). The molecule has 1 N–H and O–H groups in total. The van der Waals surface area contributed by atoms with E-state index in [1.165, 1.54) is 32.8 Å². The molecule has 1 aromatic carbocycles. The predicted molar refractivity (Wildman–Crippen MR) is 96.2 cm³/mol. The van der Waals surface area contributed by atoms with Crippen LogP contribution in [0.15, 0.2) is 46.1 Å². The van der Waals surface area contributed by atoms with Crippen LogP contribution in [0.1, 0.15) is 5.76 Å². The molecular formula is C16H19N3O6S. The maximum atomic E-state index is 12.2. The Morgan fingerprint density at radius 2 is 2.08 bits per heavy atom. The molecule has 0 unspecified atom stereocenters. The van der Waals surface area contributed by atoms with Gasteiger partial charge in [-0.15, -0.1) is 0 Å². The molecule has 0 radical (unpaired) electrons. The van der Waals surface area contributed by atoms with E-state index in [0.29, 0.717) is 11.5 Å². The van der Waals surface area contributed by atoms with Gasteiger partial charge < -0.3 is 13.9 Å². The molecule has 0 spiro atoms. The molecule has 140 valence electrons. The number of nitrogens with one attached hydrogen (secondary N) is 1. The van der Waals surface area contributed by atoms with Crippen LogP contribution in [0.5, 0.6) is 11.5 Å². The zero-order valence-corrected chi connectivity index (χ0v) is 15.3. The summed E-state index contributed by atoms with van der Waals surface area (Å²) in [6, 6.07) is 7.97. The number of methoxy groups -OCH3 is 2. The van der Waals surface area contributed by atoms with Crippen LogP contribution in [0.3, 0.4) is 0 Å². The van der Waals surface area contributed by atoms with Gasteiger partial charge in [0.1, 0.15) is 23.8 Å². The minimum Gasteiger partial charge on any atom is -0.497 e. The maximum absolute atomic E-state index is 12.2. The summed E-state index contributed by atoms with van der Waals surface area (Å²) in [6.07, 6.45) is 3.75. The quantitative estimate of drug-likeness (QED) is 0.544. The molecule has 0 bridgehead atoms. The molecule has 1 heterocycles. The van der Waals surface area contributed by atoms with E-state index in [2.05, 4.69) is 10.5 Å². The summed E-state index contributed by atoms with van der Waals surface area (Å²) in [5.41, 5.74) is 2.43. The first-order chi connectivity index (χ1) is 12.3. The first kappa shape index (κ1) is 19.3. The molecule has 0 aliphatic heterocycles. The number of ether oxygens (including phenoxy) is 2. The lowest BCUT2D eigenvalue weighted by atomic mass is 10.2. The molecule has 10 heteroatoms. The van der Waals surface area contributed by atoms with Crippen molar-refractivity contribution in [1.82, 2.24) is 5.43 Å². The maximum Gasteiger partial charge on any atom is 0.260 e. The van der Waals surface area contributed by atoms with Crippen LogP contribution in [0.25, 0.3) is 0 Å². The summed E-state index contributed by atoms with van der Waals surface area (Å²) >= 11 is 0. The fourth-order valence-electron chi connectivity index (χ4n) is 2.07. The Bertz CT molecular complexity index is 877. The molecule has 2 aromatic rings. The topological polar surface area (TPSA) is 110 Å². The number of anilines is 1. The second kappa shape index (κ2) is 8.39. The molecule has 9 nitrogen and oxygen atoms in total. The normalized spacial score (nSPS) is 11.3. The molecule has 0 saturated carbocycles. The smallest absolute Gasteiger partial charge is 0.260 e.